The van der Waals surface area contributed by atoms with Gasteiger partial charge in [-0.05, 0) is 76.8 Å². The van der Waals surface area contributed by atoms with Crippen LogP contribution in [-0.2, 0) is 33.5 Å². The summed E-state index contributed by atoms with van der Waals surface area (Å²) in [7, 11) is -1.12. The first-order valence-corrected chi connectivity index (χ1v) is 11.6. The second-order valence-electron chi connectivity index (χ2n) is 8.49. The number of hydrogen-bond donors (Lipinski definition) is 2. The van der Waals surface area contributed by atoms with E-state index in [9.17, 15) is 9.32 Å². The Labute approximate surface area is 172 Å². The molecule has 1 fully saturated rings. The first-order chi connectivity index (χ1) is 13.4. The highest BCUT2D eigenvalue weighted by Gasteiger charge is 2.23. The Bertz CT molecular complexity index is 596. The third kappa shape index (κ3) is 8.29. The van der Waals surface area contributed by atoms with E-state index in [0.717, 1.165) is 56.3 Å². The van der Waals surface area contributed by atoms with E-state index < -0.39 is 11.0 Å². The van der Waals surface area contributed by atoms with Crippen LogP contribution in [0.3, 0.4) is 0 Å². The lowest BCUT2D eigenvalue weighted by atomic mass is 9.98. The van der Waals surface area contributed by atoms with Gasteiger partial charge in [0.15, 0.2) is 6.29 Å². The largest absolute Gasteiger partial charge is 0.392 e. The fourth-order valence-corrected chi connectivity index (χ4v) is 4.11. The number of aliphatic hydroxyl groups is 1. The van der Waals surface area contributed by atoms with Gasteiger partial charge in [-0.2, -0.15) is 0 Å². The second kappa shape index (κ2) is 12.0. The molecule has 5 nitrogen and oxygen atoms in total. The Morgan fingerprint density at radius 2 is 2.00 bits per heavy atom. The minimum Gasteiger partial charge on any atom is -0.392 e. The molecule has 0 aliphatic carbocycles. The summed E-state index contributed by atoms with van der Waals surface area (Å²) in [6.45, 7) is 7.47. The van der Waals surface area contributed by atoms with Crippen molar-refractivity contribution in [3.05, 3.63) is 35.4 Å². The summed E-state index contributed by atoms with van der Waals surface area (Å²) in [4.78, 5) is 0. The van der Waals surface area contributed by atoms with E-state index in [1.54, 1.807) is 0 Å². The molecule has 3 atom stereocenters. The van der Waals surface area contributed by atoms with Gasteiger partial charge in [-0.15, -0.1) is 0 Å². The molecule has 1 saturated heterocycles. The van der Waals surface area contributed by atoms with Crippen molar-refractivity contribution in [2.45, 2.75) is 89.4 Å². The molecule has 2 rings (SSSR count). The van der Waals surface area contributed by atoms with Crippen molar-refractivity contribution in [1.82, 2.24) is 4.72 Å². The molecule has 1 heterocycles. The Balaban J connectivity index is 1.85. The number of unbranched alkanes of at least 4 members (excludes halogenated alkanes) is 1. The third-order valence-corrected chi connectivity index (χ3v) is 6.63. The van der Waals surface area contributed by atoms with Crippen LogP contribution >= 0.6 is 0 Å². The van der Waals surface area contributed by atoms with E-state index >= 15 is 0 Å². The van der Waals surface area contributed by atoms with E-state index in [-0.39, 0.29) is 23.7 Å². The third-order valence-electron chi connectivity index (χ3n) is 4.97. The molecule has 0 spiro atoms. The van der Waals surface area contributed by atoms with E-state index in [0.29, 0.717) is 6.61 Å². The molecule has 1 aromatic carbocycles. The summed E-state index contributed by atoms with van der Waals surface area (Å²) in [5.74, 6) is 0. The van der Waals surface area contributed by atoms with Gasteiger partial charge in [0.1, 0.15) is 0 Å². The zero-order chi connectivity index (χ0) is 20.4. The van der Waals surface area contributed by atoms with Crippen LogP contribution in [-0.4, -0.2) is 39.6 Å². The van der Waals surface area contributed by atoms with Crippen molar-refractivity contribution < 1.29 is 18.8 Å². The first-order valence-electron chi connectivity index (χ1n) is 10.5. The average Bonchev–Trinajstić information content (AvgIpc) is 2.68. The van der Waals surface area contributed by atoms with E-state index in [4.69, 9.17) is 9.47 Å². The molecule has 6 heteroatoms. The standard InChI is InChI=1S/C22H37NO4S/c1-22(2,3)28(25)23-20(16-18-10-4-5-11-19(18)17-24)12-6-8-14-26-21-13-7-9-15-27-21/h4-5,10-11,20-21,23-24H,6-9,12-17H2,1-3H3/t20-,21?,28?/m0/s1. The molecule has 0 aromatic heterocycles. The van der Waals surface area contributed by atoms with Gasteiger partial charge in [0.05, 0.1) is 22.3 Å². The molecule has 160 valence electrons. The predicted molar refractivity (Wildman–Crippen MR) is 114 cm³/mol. The normalized spacial score (nSPS) is 20.1. The highest BCUT2D eigenvalue weighted by atomic mass is 32.2. The molecule has 0 bridgehead atoms. The molecule has 2 N–H and O–H groups in total. The summed E-state index contributed by atoms with van der Waals surface area (Å²) < 4.78 is 27.1. The van der Waals surface area contributed by atoms with Crippen molar-refractivity contribution in [1.29, 1.82) is 0 Å². The maximum atomic E-state index is 12.6. The molecular formula is C22H37NO4S. The summed E-state index contributed by atoms with van der Waals surface area (Å²) >= 11 is 0. The maximum absolute atomic E-state index is 12.6. The highest BCUT2D eigenvalue weighted by molar-refractivity contribution is 7.84. The summed E-state index contributed by atoms with van der Waals surface area (Å²) in [5, 5.41) is 9.60. The van der Waals surface area contributed by atoms with Crippen molar-refractivity contribution in [3.63, 3.8) is 0 Å². The number of ether oxygens (including phenoxy) is 2. The van der Waals surface area contributed by atoms with Gasteiger partial charge in [-0.1, -0.05) is 24.3 Å². The second-order valence-corrected chi connectivity index (χ2v) is 10.5. The minimum atomic E-state index is -1.12. The fourth-order valence-electron chi connectivity index (χ4n) is 3.26. The maximum Gasteiger partial charge on any atom is 0.157 e. The highest BCUT2D eigenvalue weighted by Crippen LogP contribution is 2.18. The lowest BCUT2D eigenvalue weighted by molar-refractivity contribution is -0.162. The van der Waals surface area contributed by atoms with Crippen LogP contribution in [0.5, 0.6) is 0 Å². The molecule has 1 aliphatic rings. The summed E-state index contributed by atoms with van der Waals surface area (Å²) in [5.41, 5.74) is 2.05. The number of rotatable bonds is 11. The van der Waals surface area contributed by atoms with Crippen LogP contribution in [0, 0.1) is 0 Å². The van der Waals surface area contributed by atoms with Crippen molar-refractivity contribution in [3.8, 4) is 0 Å². The average molecular weight is 412 g/mol. The Hall–Kier alpha value is -0.790. The smallest absolute Gasteiger partial charge is 0.157 e. The van der Waals surface area contributed by atoms with Crippen LogP contribution in [0.4, 0.5) is 0 Å². The van der Waals surface area contributed by atoms with Crippen LogP contribution in [0.25, 0.3) is 0 Å². The Morgan fingerprint density at radius 1 is 1.25 bits per heavy atom. The molecule has 0 radical (unpaired) electrons. The molecule has 0 saturated carbocycles. The number of hydrogen-bond acceptors (Lipinski definition) is 4. The van der Waals surface area contributed by atoms with Crippen LogP contribution in [0.15, 0.2) is 24.3 Å². The number of aliphatic hydroxyl groups excluding tert-OH is 1. The topological polar surface area (TPSA) is 67.8 Å². The van der Waals surface area contributed by atoms with Gasteiger partial charge >= 0.3 is 0 Å². The van der Waals surface area contributed by atoms with Gasteiger partial charge in [0.2, 0.25) is 0 Å². The van der Waals surface area contributed by atoms with Gasteiger partial charge in [0, 0.05) is 19.3 Å². The summed E-state index contributed by atoms with van der Waals surface area (Å²) in [6, 6.07) is 8.02. The zero-order valence-electron chi connectivity index (χ0n) is 17.6. The zero-order valence-corrected chi connectivity index (χ0v) is 18.4. The van der Waals surface area contributed by atoms with E-state index in [1.807, 2.05) is 45.0 Å². The van der Waals surface area contributed by atoms with Gasteiger partial charge in [0.25, 0.3) is 0 Å². The Kier molecular flexibility index (Phi) is 10.1. The quantitative estimate of drug-likeness (QED) is 0.543. The van der Waals surface area contributed by atoms with E-state index in [2.05, 4.69) is 4.72 Å². The van der Waals surface area contributed by atoms with Gasteiger partial charge in [-0.25, -0.2) is 8.93 Å². The molecular weight excluding hydrogens is 374 g/mol. The van der Waals surface area contributed by atoms with Crippen molar-refractivity contribution in [2.75, 3.05) is 13.2 Å². The van der Waals surface area contributed by atoms with Crippen molar-refractivity contribution in [2.24, 2.45) is 0 Å². The van der Waals surface area contributed by atoms with E-state index in [1.165, 1.54) is 6.42 Å². The minimum absolute atomic E-state index is 0.0283. The Morgan fingerprint density at radius 3 is 2.64 bits per heavy atom. The lowest BCUT2D eigenvalue weighted by Gasteiger charge is -2.25. The SMILES string of the molecule is CC(C)(C)S(=O)N[C@@H](CCCCOC1CCCCO1)Cc1ccccc1CO. The predicted octanol–water partition coefficient (Wildman–Crippen LogP) is 3.86. The molecule has 0 amide bonds. The number of benzene rings is 1. The summed E-state index contributed by atoms with van der Waals surface area (Å²) in [6.07, 6.45) is 6.89. The van der Waals surface area contributed by atoms with Gasteiger partial charge in [-0.3, -0.25) is 0 Å². The fraction of sp³-hybridized carbons (Fsp3) is 0.727. The monoisotopic (exact) mass is 411 g/mol. The molecule has 1 aliphatic heterocycles. The van der Waals surface area contributed by atoms with Crippen LogP contribution in [0.1, 0.15) is 70.4 Å². The van der Waals surface area contributed by atoms with Gasteiger partial charge < -0.3 is 14.6 Å². The van der Waals surface area contributed by atoms with Crippen molar-refractivity contribution >= 4 is 11.0 Å². The molecule has 2 unspecified atom stereocenters. The number of nitrogens with one attached hydrogen (secondary N) is 1. The van der Waals surface area contributed by atoms with Crippen LogP contribution < -0.4 is 4.72 Å². The first kappa shape index (κ1) is 23.5. The molecule has 28 heavy (non-hydrogen) atoms. The van der Waals surface area contributed by atoms with Crippen LogP contribution in [0.2, 0.25) is 0 Å². The lowest BCUT2D eigenvalue weighted by Crippen LogP contribution is -2.41. The molecule has 1 aromatic rings.